The van der Waals surface area contributed by atoms with Crippen molar-refractivity contribution in [3.05, 3.63) is 48.5 Å². The second-order valence-corrected chi connectivity index (χ2v) is 14.2. The van der Waals surface area contributed by atoms with Gasteiger partial charge in [-0.25, -0.2) is 19.7 Å². The molecule has 0 unspecified atom stereocenters. The van der Waals surface area contributed by atoms with E-state index in [0.29, 0.717) is 35.6 Å². The summed E-state index contributed by atoms with van der Waals surface area (Å²) in [7, 11) is 0. The molecule has 3 aromatic rings. The van der Waals surface area contributed by atoms with Gasteiger partial charge in [0.1, 0.15) is 30.2 Å². The van der Waals surface area contributed by atoms with Gasteiger partial charge in [-0.15, -0.1) is 0 Å². The van der Waals surface area contributed by atoms with Gasteiger partial charge in [-0.3, -0.25) is 14.3 Å². The molecule has 6 heterocycles. The average Bonchev–Trinajstić information content (AvgIpc) is 3.63. The smallest absolute Gasteiger partial charge is 0.410 e. The minimum Gasteiger partial charge on any atom is -0.444 e. The molecule has 13 nitrogen and oxygen atoms in total. The van der Waals surface area contributed by atoms with Crippen LogP contribution in [0.3, 0.4) is 0 Å². The van der Waals surface area contributed by atoms with Crippen LogP contribution in [0, 0.1) is 5.41 Å². The summed E-state index contributed by atoms with van der Waals surface area (Å²) in [5, 5.41) is 2.86. The minimum atomic E-state index is -0.775. The lowest BCUT2D eigenvalue weighted by Crippen LogP contribution is -2.65. The number of nitrogens with zero attached hydrogens (tertiary/aromatic N) is 6. The first-order valence-corrected chi connectivity index (χ1v) is 15.6. The van der Waals surface area contributed by atoms with Crippen LogP contribution in [0.4, 0.5) is 10.6 Å². The van der Waals surface area contributed by atoms with Crippen LogP contribution in [-0.4, -0.2) is 104 Å². The number of nitrogens with one attached hydrogen (secondary N) is 1. The molecule has 4 aliphatic heterocycles. The third-order valence-corrected chi connectivity index (χ3v) is 8.90. The Kier molecular flexibility index (Phi) is 7.34. The van der Waals surface area contributed by atoms with Gasteiger partial charge in [0.15, 0.2) is 29.0 Å². The molecule has 2 aromatic heterocycles. The van der Waals surface area contributed by atoms with Crippen LogP contribution in [0.1, 0.15) is 64.0 Å². The van der Waals surface area contributed by atoms with Crippen molar-refractivity contribution in [2.45, 2.75) is 83.4 Å². The number of imidazole rings is 1. The summed E-state index contributed by atoms with van der Waals surface area (Å²) in [5.74, 6) is -0.735. The average molecular weight is 620 g/mol. The molecule has 4 aliphatic rings. The number of likely N-dealkylation sites (tertiary alicyclic amines) is 2. The summed E-state index contributed by atoms with van der Waals surface area (Å²) in [6.07, 6.45) is 3.42. The number of hydrogen-bond acceptors (Lipinski definition) is 10. The van der Waals surface area contributed by atoms with Gasteiger partial charge in [-0.2, -0.15) is 0 Å². The number of piperidine rings is 1. The molecule has 0 bridgehead atoms. The number of carbonyl (C=O) groups is 2. The molecule has 4 atom stereocenters. The zero-order valence-corrected chi connectivity index (χ0v) is 26.4. The van der Waals surface area contributed by atoms with Gasteiger partial charge >= 0.3 is 6.09 Å². The molecular weight excluding hydrogens is 578 g/mol. The van der Waals surface area contributed by atoms with Crippen molar-refractivity contribution in [2.24, 2.45) is 5.41 Å². The number of hydrogen-bond donors (Lipinski definition) is 1. The Morgan fingerprint density at radius 2 is 1.80 bits per heavy atom. The Balaban J connectivity index is 1.05. The molecule has 2 amide bonds. The van der Waals surface area contributed by atoms with Crippen LogP contribution in [0.15, 0.2) is 43.0 Å². The Hall–Kier alpha value is -3.65. The molecule has 0 radical (unpaired) electrons. The largest absolute Gasteiger partial charge is 0.444 e. The van der Waals surface area contributed by atoms with Gasteiger partial charge in [-0.1, -0.05) is 18.2 Å². The number of anilines is 1. The molecular formula is C32H41N7O6. The molecule has 4 saturated heterocycles. The summed E-state index contributed by atoms with van der Waals surface area (Å²) in [6, 6.07) is 8.95. The SMILES string of the molecule is CC(C)(C)OC(=O)N1CCCC2(CN(C[C@H]3O[C@@H](n4cnc5c(NC(=O)c6ccccc6)ncnc54)[C@@H]4OC(C)(C)O[C@@H]43)C2)C1. The topological polar surface area (TPSA) is 133 Å². The van der Waals surface area contributed by atoms with Crippen LogP contribution >= 0.6 is 0 Å². The maximum atomic E-state index is 12.8. The van der Waals surface area contributed by atoms with Crippen LogP contribution in [0.5, 0.6) is 0 Å². The van der Waals surface area contributed by atoms with E-state index < -0.39 is 17.6 Å². The lowest BCUT2D eigenvalue weighted by Gasteiger charge is -2.55. The van der Waals surface area contributed by atoms with Gasteiger partial charge in [0.05, 0.1) is 6.33 Å². The zero-order chi connectivity index (χ0) is 31.6. The van der Waals surface area contributed by atoms with Crippen LogP contribution < -0.4 is 5.32 Å². The third kappa shape index (κ3) is 5.89. The van der Waals surface area contributed by atoms with Crippen LogP contribution in [0.25, 0.3) is 11.2 Å². The molecule has 45 heavy (non-hydrogen) atoms. The maximum Gasteiger partial charge on any atom is 0.410 e. The van der Waals surface area contributed by atoms with Gasteiger partial charge in [0.2, 0.25) is 0 Å². The minimum absolute atomic E-state index is 0.0664. The summed E-state index contributed by atoms with van der Waals surface area (Å²) < 4.78 is 26.9. The van der Waals surface area contributed by atoms with Crippen molar-refractivity contribution in [1.29, 1.82) is 0 Å². The van der Waals surface area contributed by atoms with Crippen LogP contribution in [0.2, 0.25) is 0 Å². The van der Waals surface area contributed by atoms with Gasteiger partial charge in [0.25, 0.3) is 5.91 Å². The second kappa shape index (κ2) is 11.0. The standard InChI is InChI=1S/C32H41N7O6/c1-30(2,3)45-29(41)38-13-9-12-32(17-38)15-37(16-32)14-21-23-24(44-31(4,5)43-23)28(42-21)39-19-35-22-25(33-18-34-26(22)39)36-27(40)20-10-7-6-8-11-20/h6-8,10-11,18-19,21,23-24,28H,9,12-17H2,1-5H3,(H,33,34,36,40)/t21-,23-,24-,28-/m1/s1. The van der Waals surface area contributed by atoms with Gasteiger partial charge < -0.3 is 29.2 Å². The van der Waals surface area contributed by atoms with E-state index in [-0.39, 0.29) is 35.7 Å². The Labute approximate surface area is 262 Å². The highest BCUT2D eigenvalue weighted by atomic mass is 16.8. The molecule has 1 aromatic carbocycles. The summed E-state index contributed by atoms with van der Waals surface area (Å²) in [6.45, 7) is 13.4. The van der Waals surface area contributed by atoms with Crippen molar-refractivity contribution >= 4 is 29.0 Å². The molecule has 1 spiro atoms. The lowest BCUT2D eigenvalue weighted by atomic mass is 9.73. The van der Waals surface area contributed by atoms with E-state index in [1.807, 2.05) is 62.3 Å². The number of aromatic nitrogens is 4. The van der Waals surface area contributed by atoms with Crippen molar-refractivity contribution in [3.63, 3.8) is 0 Å². The molecule has 0 saturated carbocycles. The first-order valence-electron chi connectivity index (χ1n) is 15.6. The summed E-state index contributed by atoms with van der Waals surface area (Å²) >= 11 is 0. The predicted molar refractivity (Wildman–Crippen MR) is 163 cm³/mol. The number of ether oxygens (including phenoxy) is 4. The van der Waals surface area contributed by atoms with E-state index in [0.717, 1.165) is 32.5 Å². The first kappa shape index (κ1) is 30.0. The first-order chi connectivity index (χ1) is 21.4. The number of fused-ring (bicyclic) bond motifs is 2. The highest BCUT2D eigenvalue weighted by molar-refractivity contribution is 6.06. The fourth-order valence-corrected chi connectivity index (χ4v) is 7.16. The maximum absolute atomic E-state index is 12.8. The Morgan fingerprint density at radius 1 is 1.04 bits per heavy atom. The highest BCUT2D eigenvalue weighted by Crippen LogP contribution is 2.46. The predicted octanol–water partition coefficient (Wildman–Crippen LogP) is 3.83. The van der Waals surface area contributed by atoms with E-state index in [9.17, 15) is 9.59 Å². The Bertz CT molecular complexity index is 1580. The number of carbonyl (C=O) groups excluding carboxylic acids is 2. The molecule has 13 heteroatoms. The zero-order valence-electron chi connectivity index (χ0n) is 26.4. The van der Waals surface area contributed by atoms with E-state index in [4.69, 9.17) is 18.9 Å². The van der Waals surface area contributed by atoms with E-state index >= 15 is 0 Å². The molecule has 0 aliphatic carbocycles. The van der Waals surface area contributed by atoms with E-state index in [1.54, 1.807) is 18.5 Å². The monoisotopic (exact) mass is 619 g/mol. The Morgan fingerprint density at radius 3 is 2.56 bits per heavy atom. The molecule has 1 N–H and O–H groups in total. The quantitative estimate of drug-likeness (QED) is 0.449. The molecule has 4 fully saturated rings. The number of benzene rings is 1. The second-order valence-electron chi connectivity index (χ2n) is 14.2. The number of rotatable bonds is 5. The lowest BCUT2D eigenvalue weighted by molar-refractivity contribution is -0.201. The van der Waals surface area contributed by atoms with Crippen molar-refractivity contribution in [2.75, 3.05) is 38.0 Å². The molecule has 240 valence electrons. The van der Waals surface area contributed by atoms with Crippen molar-refractivity contribution in [1.82, 2.24) is 29.3 Å². The normalized spacial score (nSPS) is 27.4. The fraction of sp³-hybridized carbons (Fsp3) is 0.594. The van der Waals surface area contributed by atoms with Gasteiger partial charge in [0, 0.05) is 43.7 Å². The third-order valence-electron chi connectivity index (χ3n) is 8.90. The van der Waals surface area contributed by atoms with Crippen LogP contribution in [-0.2, 0) is 18.9 Å². The molecule has 7 rings (SSSR count). The highest BCUT2D eigenvalue weighted by Gasteiger charge is 2.57. The van der Waals surface area contributed by atoms with Crippen molar-refractivity contribution in [3.8, 4) is 0 Å². The summed E-state index contributed by atoms with van der Waals surface area (Å²) in [4.78, 5) is 43.2. The van der Waals surface area contributed by atoms with Gasteiger partial charge in [-0.05, 0) is 59.6 Å². The van der Waals surface area contributed by atoms with E-state index in [1.165, 1.54) is 6.33 Å². The fourth-order valence-electron chi connectivity index (χ4n) is 7.16. The van der Waals surface area contributed by atoms with E-state index in [2.05, 4.69) is 25.2 Å². The van der Waals surface area contributed by atoms with Crippen molar-refractivity contribution < 1.29 is 28.5 Å². The number of amides is 2. The summed E-state index contributed by atoms with van der Waals surface area (Å²) in [5.41, 5.74) is 1.06.